The lowest BCUT2D eigenvalue weighted by molar-refractivity contribution is -0.137. The molecular formula is C27H29F3N4O3S2. The van der Waals surface area contributed by atoms with Gasteiger partial charge in [-0.3, -0.25) is 9.36 Å². The number of benzene rings is 1. The van der Waals surface area contributed by atoms with Gasteiger partial charge in [-0.25, -0.2) is 4.79 Å². The standard InChI is InChI=1S/C27H29F3N4O3S2/c1-6-21(35)33-15(3)8-32(9-16(33)4)25-18-7-20(27(28,29)30)22(19-13-38-11-14(19)2)24-23(18)34(26(36)31-25)17(10-37-5)12-39-24/h6-7,11,13,15-17H,1,8-10,12H2,2-5H3/t15-,16+,17-/m0/s1. The van der Waals surface area contributed by atoms with Crippen LogP contribution in [0.2, 0.25) is 0 Å². The van der Waals surface area contributed by atoms with Crippen molar-refractivity contribution in [2.45, 2.75) is 50.0 Å². The number of anilines is 1. The Hall–Kier alpha value is -2.83. The Bertz CT molecular complexity index is 1500. The smallest absolute Gasteiger partial charge is 0.383 e. The molecule has 208 valence electrons. The van der Waals surface area contributed by atoms with Crippen LogP contribution in [-0.2, 0) is 15.7 Å². The van der Waals surface area contributed by atoms with Gasteiger partial charge in [0.25, 0.3) is 0 Å². The monoisotopic (exact) mass is 578 g/mol. The molecule has 2 aliphatic heterocycles. The van der Waals surface area contributed by atoms with E-state index in [9.17, 15) is 22.8 Å². The average Bonchev–Trinajstić information content (AvgIpc) is 3.30. The molecule has 12 heteroatoms. The lowest BCUT2D eigenvalue weighted by Gasteiger charge is -2.45. The minimum Gasteiger partial charge on any atom is -0.383 e. The first-order chi connectivity index (χ1) is 18.5. The molecule has 4 heterocycles. The molecule has 3 atom stereocenters. The number of alkyl halides is 3. The zero-order chi connectivity index (χ0) is 28.2. The molecule has 0 saturated carbocycles. The Morgan fingerprint density at radius 3 is 2.51 bits per heavy atom. The molecule has 0 bridgehead atoms. The van der Waals surface area contributed by atoms with Crippen LogP contribution < -0.4 is 10.6 Å². The van der Waals surface area contributed by atoms with Crippen molar-refractivity contribution in [3.63, 3.8) is 0 Å². The van der Waals surface area contributed by atoms with E-state index in [-0.39, 0.29) is 47.4 Å². The number of aryl methyl sites for hydroxylation is 1. The Labute approximate surface area is 232 Å². The summed E-state index contributed by atoms with van der Waals surface area (Å²) in [4.78, 5) is 34.4. The molecule has 2 aromatic heterocycles. The molecule has 7 nitrogen and oxygen atoms in total. The third-order valence-electron chi connectivity index (χ3n) is 7.37. The summed E-state index contributed by atoms with van der Waals surface area (Å²) in [6.45, 7) is 9.96. The predicted molar refractivity (Wildman–Crippen MR) is 149 cm³/mol. The number of hydrogen-bond donors (Lipinski definition) is 0. The van der Waals surface area contributed by atoms with Gasteiger partial charge in [0, 0.05) is 53.9 Å². The highest BCUT2D eigenvalue weighted by atomic mass is 32.2. The summed E-state index contributed by atoms with van der Waals surface area (Å²) in [5.74, 6) is 0.369. The van der Waals surface area contributed by atoms with E-state index in [0.717, 1.165) is 11.6 Å². The van der Waals surface area contributed by atoms with Gasteiger partial charge in [-0.15, -0.1) is 11.8 Å². The maximum absolute atomic E-state index is 14.7. The fourth-order valence-electron chi connectivity index (χ4n) is 5.79. The summed E-state index contributed by atoms with van der Waals surface area (Å²) in [7, 11) is 1.53. The van der Waals surface area contributed by atoms with Gasteiger partial charge < -0.3 is 14.5 Å². The summed E-state index contributed by atoms with van der Waals surface area (Å²) in [6, 6.07) is 0.236. The molecule has 0 spiro atoms. The Kier molecular flexibility index (Phi) is 7.32. The molecule has 1 aromatic carbocycles. The minimum atomic E-state index is -4.63. The number of rotatable bonds is 5. The molecule has 39 heavy (non-hydrogen) atoms. The van der Waals surface area contributed by atoms with Crippen LogP contribution in [0.3, 0.4) is 0 Å². The van der Waals surface area contributed by atoms with E-state index in [1.807, 2.05) is 24.1 Å². The van der Waals surface area contributed by atoms with Crippen LogP contribution in [0.5, 0.6) is 0 Å². The molecule has 5 rings (SSSR count). The molecule has 1 fully saturated rings. The second-order valence-corrected chi connectivity index (χ2v) is 11.8. The van der Waals surface area contributed by atoms with E-state index in [4.69, 9.17) is 4.74 Å². The molecule has 0 aliphatic carbocycles. The highest BCUT2D eigenvalue weighted by molar-refractivity contribution is 7.99. The average molecular weight is 579 g/mol. The molecule has 2 aliphatic rings. The van der Waals surface area contributed by atoms with Crippen LogP contribution in [0, 0.1) is 6.92 Å². The van der Waals surface area contributed by atoms with Crippen molar-refractivity contribution in [1.29, 1.82) is 0 Å². The molecule has 0 N–H and O–H groups in total. The van der Waals surface area contributed by atoms with Gasteiger partial charge in [-0.2, -0.15) is 29.5 Å². The lowest BCUT2D eigenvalue weighted by Crippen LogP contribution is -2.58. The maximum Gasteiger partial charge on any atom is 0.417 e. The highest BCUT2D eigenvalue weighted by Gasteiger charge is 2.40. The first kappa shape index (κ1) is 27.7. The number of ether oxygens (including phenoxy) is 1. The van der Waals surface area contributed by atoms with Crippen molar-refractivity contribution in [3.05, 3.63) is 51.1 Å². The van der Waals surface area contributed by atoms with E-state index in [0.29, 0.717) is 34.8 Å². The number of nitrogens with zero attached hydrogens (tertiary/aromatic N) is 4. The summed E-state index contributed by atoms with van der Waals surface area (Å²) in [5, 5.41) is 3.82. The molecule has 0 radical (unpaired) electrons. The first-order valence-corrected chi connectivity index (χ1v) is 14.5. The number of hydrogen-bond acceptors (Lipinski definition) is 7. The summed E-state index contributed by atoms with van der Waals surface area (Å²) < 4.78 is 51.0. The van der Waals surface area contributed by atoms with Crippen molar-refractivity contribution < 1.29 is 22.7 Å². The Morgan fingerprint density at radius 1 is 1.26 bits per heavy atom. The van der Waals surface area contributed by atoms with Crippen LogP contribution in [0.15, 0.2) is 39.2 Å². The summed E-state index contributed by atoms with van der Waals surface area (Å²) in [6.07, 6.45) is -3.38. The van der Waals surface area contributed by atoms with Gasteiger partial charge in [0.15, 0.2) is 0 Å². The maximum atomic E-state index is 14.7. The number of methoxy groups -OCH3 is 1. The van der Waals surface area contributed by atoms with Gasteiger partial charge in [0.05, 0.1) is 23.7 Å². The van der Waals surface area contributed by atoms with Gasteiger partial charge in [-0.1, -0.05) is 6.58 Å². The van der Waals surface area contributed by atoms with Gasteiger partial charge in [0.1, 0.15) is 5.82 Å². The van der Waals surface area contributed by atoms with Crippen molar-refractivity contribution in [2.24, 2.45) is 0 Å². The van der Waals surface area contributed by atoms with Crippen molar-refractivity contribution in [3.8, 4) is 11.1 Å². The van der Waals surface area contributed by atoms with Crippen LogP contribution >= 0.6 is 23.1 Å². The topological polar surface area (TPSA) is 67.7 Å². The zero-order valence-electron chi connectivity index (χ0n) is 22.0. The fraction of sp³-hybridized carbons (Fsp3) is 0.444. The van der Waals surface area contributed by atoms with Gasteiger partial charge in [0.2, 0.25) is 5.91 Å². The lowest BCUT2D eigenvalue weighted by atomic mass is 9.95. The molecule has 1 amide bonds. The van der Waals surface area contributed by atoms with Crippen LogP contribution in [0.1, 0.15) is 31.0 Å². The summed E-state index contributed by atoms with van der Waals surface area (Å²) in [5.41, 5.74) is 0.523. The molecule has 0 unspecified atom stereocenters. The van der Waals surface area contributed by atoms with Gasteiger partial charge >= 0.3 is 11.9 Å². The predicted octanol–water partition coefficient (Wildman–Crippen LogP) is 5.36. The van der Waals surface area contributed by atoms with Crippen molar-refractivity contribution in [2.75, 3.05) is 37.5 Å². The normalized spacial score (nSPS) is 21.5. The summed E-state index contributed by atoms with van der Waals surface area (Å²) >= 11 is 2.66. The molecule has 1 saturated heterocycles. The van der Waals surface area contributed by atoms with E-state index in [1.165, 1.54) is 40.9 Å². The van der Waals surface area contributed by atoms with E-state index in [2.05, 4.69) is 11.6 Å². The third-order valence-corrected chi connectivity index (χ3v) is 9.47. The molecular weight excluding hydrogens is 549 g/mol. The van der Waals surface area contributed by atoms with Crippen molar-refractivity contribution in [1.82, 2.24) is 14.5 Å². The fourth-order valence-corrected chi connectivity index (χ4v) is 7.94. The SMILES string of the molecule is C=CC(=O)N1[C@H](C)CN(c2nc(=O)n3c4c(c(-c5cscc5C)c(C(F)(F)F)cc24)SC[C@@H]3COC)C[C@@H]1C. The van der Waals surface area contributed by atoms with Crippen LogP contribution in [-0.4, -0.2) is 65.0 Å². The second kappa shape index (κ2) is 10.3. The number of amides is 1. The van der Waals surface area contributed by atoms with Gasteiger partial charge in [-0.05, 0) is 54.8 Å². The largest absolute Gasteiger partial charge is 0.417 e. The number of carbonyl (C=O) groups is 1. The first-order valence-electron chi connectivity index (χ1n) is 12.5. The zero-order valence-corrected chi connectivity index (χ0v) is 23.7. The highest BCUT2D eigenvalue weighted by Crippen LogP contribution is 2.50. The number of thiophene rings is 1. The van der Waals surface area contributed by atoms with E-state index >= 15 is 0 Å². The molecule has 3 aromatic rings. The second-order valence-electron chi connectivity index (χ2n) is 10.1. The van der Waals surface area contributed by atoms with Crippen LogP contribution in [0.25, 0.3) is 22.0 Å². The number of carbonyl (C=O) groups excluding carboxylic acids is 1. The third kappa shape index (κ3) is 4.66. The van der Waals surface area contributed by atoms with E-state index in [1.54, 1.807) is 17.2 Å². The van der Waals surface area contributed by atoms with Crippen LogP contribution in [0.4, 0.5) is 19.0 Å². The Balaban J connectivity index is 1.81. The number of thioether (sulfide) groups is 1. The quantitative estimate of drug-likeness (QED) is 0.380. The number of halogens is 3. The number of piperazine rings is 1. The van der Waals surface area contributed by atoms with Crippen molar-refractivity contribution >= 4 is 45.7 Å². The minimum absolute atomic E-state index is 0.100. The van der Waals surface area contributed by atoms with E-state index < -0.39 is 17.4 Å². The number of aromatic nitrogens is 2. The Morgan fingerprint density at radius 2 is 1.95 bits per heavy atom.